The first kappa shape index (κ1) is 14.6. The predicted molar refractivity (Wildman–Crippen MR) is 75.5 cm³/mol. The molecule has 5 nitrogen and oxygen atoms in total. The van der Waals surface area contributed by atoms with Crippen LogP contribution in [0.15, 0.2) is 18.3 Å². The Kier molecular flexibility index (Phi) is 4.47. The van der Waals surface area contributed by atoms with Crippen molar-refractivity contribution in [3.05, 3.63) is 24.0 Å². The van der Waals surface area contributed by atoms with Gasteiger partial charge in [0.25, 0.3) is 5.91 Å². The molecule has 5 heteroatoms. The van der Waals surface area contributed by atoms with E-state index in [9.17, 15) is 9.59 Å². The van der Waals surface area contributed by atoms with Crippen molar-refractivity contribution < 1.29 is 14.7 Å². The second-order valence-electron chi connectivity index (χ2n) is 5.79. The quantitative estimate of drug-likeness (QED) is 0.917. The summed E-state index contributed by atoms with van der Waals surface area (Å²) in [5.74, 6) is 0.347. The third-order valence-corrected chi connectivity index (χ3v) is 4.12. The maximum absolute atomic E-state index is 12.5. The fraction of sp³-hybridized carbons (Fsp3) is 0.600. The van der Waals surface area contributed by atoms with E-state index in [1.54, 1.807) is 18.3 Å². The number of piperidine rings is 1. The minimum Gasteiger partial charge on any atom is -0.480 e. The Morgan fingerprint density at radius 2 is 2.00 bits per heavy atom. The average Bonchev–Trinajstić information content (AvgIpc) is 2.85. The molecule has 0 aromatic carbocycles. The van der Waals surface area contributed by atoms with Gasteiger partial charge in [0.15, 0.2) is 0 Å². The maximum atomic E-state index is 12.5. The lowest BCUT2D eigenvalue weighted by molar-refractivity contribution is -0.137. The molecule has 1 aromatic heterocycles. The van der Waals surface area contributed by atoms with Crippen molar-refractivity contribution >= 4 is 11.9 Å². The lowest BCUT2D eigenvalue weighted by Gasteiger charge is -2.34. The Morgan fingerprint density at radius 1 is 1.35 bits per heavy atom. The molecule has 1 saturated heterocycles. The largest absolute Gasteiger partial charge is 0.480 e. The Morgan fingerprint density at radius 3 is 2.55 bits per heavy atom. The van der Waals surface area contributed by atoms with Crippen molar-refractivity contribution in [2.45, 2.75) is 33.2 Å². The molecule has 1 fully saturated rings. The number of carbonyl (C=O) groups excluding carboxylic acids is 1. The van der Waals surface area contributed by atoms with Crippen LogP contribution < -0.4 is 0 Å². The van der Waals surface area contributed by atoms with E-state index in [2.05, 4.69) is 13.8 Å². The molecule has 0 unspecified atom stereocenters. The zero-order valence-corrected chi connectivity index (χ0v) is 12.1. The van der Waals surface area contributed by atoms with Crippen molar-refractivity contribution in [1.82, 2.24) is 9.47 Å². The minimum atomic E-state index is -0.936. The zero-order valence-electron chi connectivity index (χ0n) is 12.1. The van der Waals surface area contributed by atoms with E-state index in [0.29, 0.717) is 17.5 Å². The molecule has 110 valence electrons. The Hall–Kier alpha value is -1.78. The Labute approximate surface area is 119 Å². The predicted octanol–water partition coefficient (Wildman–Crippen LogP) is 2.08. The molecular formula is C15H22N2O3. The molecule has 1 amide bonds. The second kappa shape index (κ2) is 6.11. The summed E-state index contributed by atoms with van der Waals surface area (Å²) in [6.07, 6.45) is 3.70. The Balaban J connectivity index is 2.02. The van der Waals surface area contributed by atoms with Crippen LogP contribution in [0.1, 0.15) is 37.2 Å². The van der Waals surface area contributed by atoms with E-state index < -0.39 is 5.97 Å². The van der Waals surface area contributed by atoms with Gasteiger partial charge >= 0.3 is 5.97 Å². The first-order chi connectivity index (χ1) is 9.49. The van der Waals surface area contributed by atoms with Crippen molar-refractivity contribution in [2.24, 2.45) is 11.8 Å². The van der Waals surface area contributed by atoms with E-state index in [1.165, 1.54) is 4.57 Å². The summed E-state index contributed by atoms with van der Waals surface area (Å²) >= 11 is 0. The van der Waals surface area contributed by atoms with Gasteiger partial charge in [-0.1, -0.05) is 13.8 Å². The van der Waals surface area contributed by atoms with Crippen molar-refractivity contribution in [2.75, 3.05) is 13.1 Å². The van der Waals surface area contributed by atoms with Gasteiger partial charge in [0, 0.05) is 19.3 Å². The van der Waals surface area contributed by atoms with E-state index in [4.69, 9.17) is 5.11 Å². The number of hydrogen-bond acceptors (Lipinski definition) is 2. The van der Waals surface area contributed by atoms with Crippen LogP contribution in [0.4, 0.5) is 0 Å². The van der Waals surface area contributed by atoms with Crippen molar-refractivity contribution in [3.8, 4) is 0 Å². The lowest BCUT2D eigenvalue weighted by Crippen LogP contribution is -2.40. The molecule has 0 radical (unpaired) electrons. The highest BCUT2D eigenvalue weighted by Gasteiger charge is 2.26. The van der Waals surface area contributed by atoms with E-state index >= 15 is 0 Å². The van der Waals surface area contributed by atoms with Crippen LogP contribution in [0.3, 0.4) is 0 Å². The minimum absolute atomic E-state index is 0.0570. The number of carboxylic acid groups (broad SMARTS) is 1. The van der Waals surface area contributed by atoms with Crippen LogP contribution in [0.2, 0.25) is 0 Å². The van der Waals surface area contributed by atoms with Crippen LogP contribution in [0.25, 0.3) is 0 Å². The van der Waals surface area contributed by atoms with Gasteiger partial charge in [-0.05, 0) is 36.8 Å². The first-order valence-electron chi connectivity index (χ1n) is 7.15. The molecule has 0 bridgehead atoms. The normalized spacial score (nSPS) is 16.6. The molecule has 1 aliphatic heterocycles. The molecule has 0 saturated carbocycles. The lowest BCUT2D eigenvalue weighted by atomic mass is 9.86. The summed E-state index contributed by atoms with van der Waals surface area (Å²) in [7, 11) is 0. The fourth-order valence-electron chi connectivity index (χ4n) is 2.82. The molecule has 0 atom stereocenters. The highest BCUT2D eigenvalue weighted by atomic mass is 16.4. The van der Waals surface area contributed by atoms with Gasteiger partial charge in [0.1, 0.15) is 12.2 Å². The number of carbonyl (C=O) groups is 2. The number of aliphatic carboxylic acids is 1. The number of amides is 1. The van der Waals surface area contributed by atoms with Gasteiger partial charge in [0.05, 0.1) is 0 Å². The molecule has 20 heavy (non-hydrogen) atoms. The van der Waals surface area contributed by atoms with E-state index in [0.717, 1.165) is 25.9 Å². The summed E-state index contributed by atoms with van der Waals surface area (Å²) in [4.78, 5) is 25.1. The van der Waals surface area contributed by atoms with Gasteiger partial charge in [-0.25, -0.2) is 0 Å². The third-order valence-electron chi connectivity index (χ3n) is 4.12. The number of hydrogen-bond donors (Lipinski definition) is 1. The van der Waals surface area contributed by atoms with Crippen molar-refractivity contribution in [3.63, 3.8) is 0 Å². The van der Waals surface area contributed by atoms with Crippen LogP contribution in [0, 0.1) is 11.8 Å². The highest BCUT2D eigenvalue weighted by Crippen LogP contribution is 2.25. The summed E-state index contributed by atoms with van der Waals surface area (Å²) in [5.41, 5.74) is 0.468. The molecule has 2 rings (SSSR count). The van der Waals surface area contributed by atoms with Crippen LogP contribution in [0.5, 0.6) is 0 Å². The highest BCUT2D eigenvalue weighted by molar-refractivity contribution is 5.93. The molecule has 0 aliphatic carbocycles. The third kappa shape index (κ3) is 3.21. The maximum Gasteiger partial charge on any atom is 0.323 e. The van der Waals surface area contributed by atoms with Gasteiger partial charge < -0.3 is 14.6 Å². The van der Waals surface area contributed by atoms with E-state index in [1.807, 2.05) is 4.90 Å². The topological polar surface area (TPSA) is 62.5 Å². The SMILES string of the molecule is CC(C)C1CCN(C(=O)c2cccn2CC(=O)O)CC1. The molecule has 0 spiro atoms. The number of nitrogens with zero attached hydrogens (tertiary/aromatic N) is 2. The smallest absolute Gasteiger partial charge is 0.323 e. The monoisotopic (exact) mass is 278 g/mol. The molecular weight excluding hydrogens is 256 g/mol. The van der Waals surface area contributed by atoms with Gasteiger partial charge in [-0.15, -0.1) is 0 Å². The zero-order chi connectivity index (χ0) is 14.7. The molecule has 1 N–H and O–H groups in total. The number of rotatable bonds is 4. The Bertz CT molecular complexity index is 485. The molecule has 1 aromatic rings. The first-order valence-corrected chi connectivity index (χ1v) is 7.15. The summed E-state index contributed by atoms with van der Waals surface area (Å²) < 4.78 is 1.50. The van der Waals surface area contributed by atoms with Crippen LogP contribution >= 0.6 is 0 Å². The average molecular weight is 278 g/mol. The summed E-state index contributed by atoms with van der Waals surface area (Å²) in [6, 6.07) is 3.41. The van der Waals surface area contributed by atoms with Gasteiger partial charge in [-0.2, -0.15) is 0 Å². The molecule has 1 aliphatic rings. The second-order valence-corrected chi connectivity index (χ2v) is 5.79. The van der Waals surface area contributed by atoms with Gasteiger partial charge in [0.2, 0.25) is 0 Å². The summed E-state index contributed by atoms with van der Waals surface area (Å²) in [6.45, 7) is 5.80. The number of aromatic nitrogens is 1. The van der Waals surface area contributed by atoms with Crippen molar-refractivity contribution in [1.29, 1.82) is 0 Å². The van der Waals surface area contributed by atoms with Gasteiger partial charge in [-0.3, -0.25) is 9.59 Å². The van der Waals surface area contributed by atoms with Crippen LogP contribution in [-0.2, 0) is 11.3 Å². The number of likely N-dealkylation sites (tertiary alicyclic amines) is 1. The van der Waals surface area contributed by atoms with Crippen LogP contribution in [-0.4, -0.2) is 39.5 Å². The summed E-state index contributed by atoms with van der Waals surface area (Å²) in [5, 5.41) is 8.85. The molecule has 2 heterocycles. The van der Waals surface area contributed by atoms with E-state index in [-0.39, 0.29) is 12.5 Å². The number of carboxylic acids is 1. The fourth-order valence-corrected chi connectivity index (χ4v) is 2.82. The standard InChI is InChI=1S/C15H22N2O3/c1-11(2)12-5-8-16(9-6-12)15(20)13-4-3-7-17(13)10-14(18)19/h3-4,7,11-12H,5-6,8-10H2,1-2H3,(H,18,19).